The van der Waals surface area contributed by atoms with Crippen LogP contribution in [0.5, 0.6) is 0 Å². The van der Waals surface area contributed by atoms with Crippen molar-refractivity contribution in [2.45, 2.75) is 6.92 Å². The smallest absolute Gasteiger partial charge is 0.315 e. The van der Waals surface area contributed by atoms with E-state index in [1.54, 1.807) is 0 Å². The van der Waals surface area contributed by atoms with Gasteiger partial charge in [0.15, 0.2) is 0 Å². The molecule has 0 atom stereocenters. The normalized spacial score (nSPS) is 11.7. The summed E-state index contributed by atoms with van der Waals surface area (Å²) in [7, 11) is 3.34. The van der Waals surface area contributed by atoms with Crippen molar-refractivity contribution < 1.29 is 14.6 Å². The molecule has 0 amide bonds. The molecule has 0 aliphatic carbocycles. The molecule has 0 aliphatic heterocycles. The third kappa shape index (κ3) is 6.37. The van der Waals surface area contributed by atoms with Gasteiger partial charge in [0, 0.05) is 24.2 Å². The number of benzene rings is 1. The van der Waals surface area contributed by atoms with Crippen LogP contribution in [-0.2, 0) is 9.53 Å². The topological polar surface area (TPSA) is 49.8 Å². The van der Waals surface area contributed by atoms with Gasteiger partial charge in [-0.25, -0.2) is 0 Å². The highest BCUT2D eigenvalue weighted by molar-refractivity contribution is 8.03. The van der Waals surface area contributed by atoms with E-state index in [-0.39, 0.29) is 12.6 Å². The third-order valence-corrected chi connectivity index (χ3v) is 4.16. The van der Waals surface area contributed by atoms with E-state index in [0.29, 0.717) is 12.3 Å². The molecule has 22 heavy (non-hydrogen) atoms. The van der Waals surface area contributed by atoms with Gasteiger partial charge in [-0.2, -0.15) is 0 Å². The monoisotopic (exact) mass is 321 g/mol. The van der Waals surface area contributed by atoms with Crippen molar-refractivity contribution in [3.05, 3.63) is 46.9 Å². The summed E-state index contributed by atoms with van der Waals surface area (Å²) in [6, 6.07) is 8.09. The minimum absolute atomic E-state index is 0.139. The average Bonchev–Trinajstić information content (AvgIpc) is 2.55. The van der Waals surface area contributed by atoms with Crippen LogP contribution in [0.4, 0.5) is 5.69 Å². The molecule has 0 saturated heterocycles. The second-order valence-corrected chi connectivity index (χ2v) is 5.67. The molecule has 0 unspecified atom stereocenters. The molecule has 120 valence electrons. The van der Waals surface area contributed by atoms with Crippen molar-refractivity contribution in [2.75, 3.05) is 38.0 Å². The lowest BCUT2D eigenvalue weighted by molar-refractivity contribution is -0.137. The molecule has 0 aromatic heterocycles. The highest BCUT2D eigenvalue weighted by Crippen LogP contribution is 2.20. The summed E-state index contributed by atoms with van der Waals surface area (Å²) in [5.41, 5.74) is 2.15. The number of aliphatic hydroxyl groups excluding tert-OH is 1. The van der Waals surface area contributed by atoms with Gasteiger partial charge < -0.3 is 14.7 Å². The lowest BCUT2D eigenvalue weighted by Crippen LogP contribution is -2.20. The zero-order valence-electron chi connectivity index (χ0n) is 13.3. The van der Waals surface area contributed by atoms with Crippen molar-refractivity contribution in [2.24, 2.45) is 0 Å². The van der Waals surface area contributed by atoms with E-state index >= 15 is 0 Å². The van der Waals surface area contributed by atoms with E-state index in [4.69, 9.17) is 5.11 Å². The molecule has 0 heterocycles. The Hall–Kier alpha value is -1.72. The SMILES string of the molecule is CC=C(C=Cc1ccc(N(C)CCO)cc1)SCC(=O)OC. The van der Waals surface area contributed by atoms with Crippen LogP contribution in [0.25, 0.3) is 6.08 Å². The number of nitrogens with zero attached hydrogens (tertiary/aromatic N) is 1. The summed E-state index contributed by atoms with van der Waals surface area (Å²) in [6.07, 6.45) is 5.96. The lowest BCUT2D eigenvalue weighted by atomic mass is 10.2. The molecular weight excluding hydrogens is 298 g/mol. The third-order valence-electron chi connectivity index (χ3n) is 3.08. The zero-order chi connectivity index (χ0) is 16.4. The van der Waals surface area contributed by atoms with Crippen LogP contribution in [0.15, 0.2) is 41.3 Å². The number of carbonyl (C=O) groups excluding carboxylic acids is 1. The number of anilines is 1. The van der Waals surface area contributed by atoms with Gasteiger partial charge in [-0.15, -0.1) is 11.8 Å². The van der Waals surface area contributed by atoms with E-state index < -0.39 is 0 Å². The minimum atomic E-state index is -0.228. The Bertz CT molecular complexity index is 523. The molecule has 0 saturated carbocycles. The fourth-order valence-corrected chi connectivity index (χ4v) is 2.46. The fraction of sp³-hybridized carbons (Fsp3) is 0.353. The molecule has 4 nitrogen and oxygen atoms in total. The Balaban J connectivity index is 2.63. The number of hydrogen-bond acceptors (Lipinski definition) is 5. The van der Waals surface area contributed by atoms with Crippen LogP contribution in [0, 0.1) is 0 Å². The van der Waals surface area contributed by atoms with Gasteiger partial charge in [0.05, 0.1) is 19.5 Å². The van der Waals surface area contributed by atoms with E-state index in [2.05, 4.69) is 4.74 Å². The molecule has 0 fully saturated rings. The highest BCUT2D eigenvalue weighted by atomic mass is 32.2. The second-order valence-electron chi connectivity index (χ2n) is 4.63. The van der Waals surface area contributed by atoms with E-state index in [0.717, 1.165) is 16.2 Å². The molecule has 0 radical (unpaired) electrons. The lowest BCUT2D eigenvalue weighted by Gasteiger charge is -2.17. The zero-order valence-corrected chi connectivity index (χ0v) is 14.1. The number of rotatable bonds is 8. The molecule has 5 heteroatoms. The molecule has 0 bridgehead atoms. The number of likely N-dealkylation sites (N-methyl/N-ethyl adjacent to an activating group) is 1. The van der Waals surface area contributed by atoms with Gasteiger partial charge in [-0.05, 0) is 30.7 Å². The van der Waals surface area contributed by atoms with Gasteiger partial charge in [-0.3, -0.25) is 4.79 Å². The van der Waals surface area contributed by atoms with E-state index in [9.17, 15) is 4.79 Å². The Morgan fingerprint density at radius 3 is 2.59 bits per heavy atom. The van der Waals surface area contributed by atoms with E-state index in [1.165, 1.54) is 18.9 Å². The number of thioether (sulfide) groups is 1. The maximum absolute atomic E-state index is 11.1. The van der Waals surface area contributed by atoms with Crippen LogP contribution >= 0.6 is 11.8 Å². The first-order chi connectivity index (χ1) is 10.6. The molecule has 1 rings (SSSR count). The highest BCUT2D eigenvalue weighted by Gasteiger charge is 2.02. The molecule has 1 aromatic carbocycles. The fourth-order valence-electron chi connectivity index (χ4n) is 1.73. The Labute approximate surface area is 136 Å². The summed E-state index contributed by atoms with van der Waals surface area (Å²) in [4.78, 5) is 14.2. The maximum atomic E-state index is 11.1. The molecular formula is C17H23NO3S. The van der Waals surface area contributed by atoms with Crippen molar-refractivity contribution in [3.63, 3.8) is 0 Å². The summed E-state index contributed by atoms with van der Waals surface area (Å²) in [6.45, 7) is 2.69. The number of allylic oxidation sites excluding steroid dienone is 2. The first kappa shape index (κ1) is 18.3. The van der Waals surface area contributed by atoms with Crippen LogP contribution < -0.4 is 4.90 Å². The molecule has 0 aliphatic rings. The van der Waals surface area contributed by atoms with Crippen molar-refractivity contribution >= 4 is 29.5 Å². The van der Waals surface area contributed by atoms with Gasteiger partial charge in [-0.1, -0.05) is 24.3 Å². The Kier molecular flexibility index (Phi) is 8.40. The molecule has 1 N–H and O–H groups in total. The first-order valence-corrected chi connectivity index (χ1v) is 8.05. The predicted molar refractivity (Wildman–Crippen MR) is 94.1 cm³/mol. The van der Waals surface area contributed by atoms with Gasteiger partial charge in [0.25, 0.3) is 0 Å². The number of aliphatic hydroxyl groups is 1. The Morgan fingerprint density at radius 1 is 1.36 bits per heavy atom. The van der Waals surface area contributed by atoms with Gasteiger partial charge >= 0.3 is 5.97 Å². The second kappa shape index (κ2) is 10.1. The predicted octanol–water partition coefficient (Wildman–Crippen LogP) is 2.94. The summed E-state index contributed by atoms with van der Waals surface area (Å²) >= 11 is 1.45. The Morgan fingerprint density at radius 2 is 2.05 bits per heavy atom. The molecule has 1 aromatic rings. The summed E-state index contributed by atoms with van der Waals surface area (Å²) < 4.78 is 4.63. The van der Waals surface area contributed by atoms with Gasteiger partial charge in [0.1, 0.15) is 0 Å². The van der Waals surface area contributed by atoms with Crippen LogP contribution in [0.2, 0.25) is 0 Å². The maximum Gasteiger partial charge on any atom is 0.315 e. The van der Waals surface area contributed by atoms with Crippen LogP contribution in [0.3, 0.4) is 0 Å². The average molecular weight is 321 g/mol. The number of esters is 1. The number of ether oxygens (including phenoxy) is 1. The number of methoxy groups -OCH3 is 1. The van der Waals surface area contributed by atoms with Crippen molar-refractivity contribution in [1.29, 1.82) is 0 Å². The number of carbonyl (C=O) groups is 1. The standard InChI is InChI=1S/C17H23NO3S/c1-4-16(22-13-17(20)21-3)10-7-14-5-8-15(9-6-14)18(2)11-12-19/h4-10,19H,11-13H2,1-3H3. The molecule has 0 spiro atoms. The minimum Gasteiger partial charge on any atom is -0.468 e. The van der Waals surface area contributed by atoms with E-state index in [1.807, 2.05) is 61.4 Å². The van der Waals surface area contributed by atoms with Crippen molar-refractivity contribution in [3.8, 4) is 0 Å². The van der Waals surface area contributed by atoms with Gasteiger partial charge in [0.2, 0.25) is 0 Å². The van der Waals surface area contributed by atoms with Crippen molar-refractivity contribution in [1.82, 2.24) is 0 Å². The summed E-state index contributed by atoms with van der Waals surface area (Å²) in [5, 5.41) is 8.94. The van der Waals surface area contributed by atoms with Crippen LogP contribution in [-0.4, -0.2) is 44.1 Å². The number of hydrogen-bond donors (Lipinski definition) is 1. The largest absolute Gasteiger partial charge is 0.468 e. The summed E-state index contributed by atoms with van der Waals surface area (Å²) in [5.74, 6) is 0.0832. The quantitative estimate of drug-likeness (QED) is 0.589. The van der Waals surface area contributed by atoms with Crippen LogP contribution in [0.1, 0.15) is 12.5 Å². The first-order valence-electron chi connectivity index (χ1n) is 7.06.